The summed E-state index contributed by atoms with van der Waals surface area (Å²) in [7, 11) is 0. The zero-order chi connectivity index (χ0) is 26.6. The predicted molar refractivity (Wildman–Crippen MR) is 146 cm³/mol. The Morgan fingerprint density at radius 2 is 2.05 bits per heavy atom. The zero-order valence-corrected chi connectivity index (χ0v) is 22.9. The first-order valence-corrected chi connectivity index (χ1v) is 14.2. The SMILES string of the molecule is CCOC(=O)CCCCc1ccccc1C(C)OCC(O)CN1CCC[C@H]1CCC1=CC(F)C(C)C=C1. The summed E-state index contributed by atoms with van der Waals surface area (Å²) in [6, 6.07) is 8.69. The van der Waals surface area contributed by atoms with E-state index in [0.29, 0.717) is 25.6 Å². The van der Waals surface area contributed by atoms with E-state index in [2.05, 4.69) is 23.1 Å². The molecular weight excluding hydrogens is 469 g/mol. The first-order valence-electron chi connectivity index (χ1n) is 14.2. The minimum Gasteiger partial charge on any atom is -0.466 e. The number of nitrogens with zero attached hydrogens (tertiary/aromatic N) is 1. The number of hydrogen-bond donors (Lipinski definition) is 1. The van der Waals surface area contributed by atoms with Crippen LogP contribution in [-0.2, 0) is 20.7 Å². The fraction of sp³-hybridized carbons (Fsp3) is 0.645. The molecule has 1 N–H and O–H groups in total. The summed E-state index contributed by atoms with van der Waals surface area (Å²) in [4.78, 5) is 13.9. The average molecular weight is 516 g/mol. The molecule has 0 amide bonds. The summed E-state index contributed by atoms with van der Waals surface area (Å²) in [6.45, 7) is 8.08. The number of ether oxygens (including phenoxy) is 2. The summed E-state index contributed by atoms with van der Waals surface area (Å²) in [5.74, 6) is -0.166. The molecule has 0 aromatic heterocycles. The molecule has 5 nitrogen and oxygen atoms in total. The Morgan fingerprint density at radius 3 is 2.84 bits per heavy atom. The molecule has 1 saturated heterocycles. The van der Waals surface area contributed by atoms with Crippen molar-refractivity contribution in [1.29, 1.82) is 0 Å². The molecule has 0 saturated carbocycles. The standard InChI is InChI=1S/C31H46FNO4/c1-4-36-31(35)14-8-6-11-26-10-5-7-13-29(26)24(3)37-22-28(34)21-33-19-9-12-27(33)18-17-25-16-15-23(2)30(32)20-25/h5,7,10,13,15-16,20,23-24,27-28,30,34H,4,6,8-9,11-12,14,17-19,21-22H2,1-3H3/t23?,24?,27-,28?,30?/m0/s1. The first-order chi connectivity index (χ1) is 17.9. The molecule has 1 aromatic carbocycles. The first kappa shape index (κ1) is 29.5. The number of esters is 1. The molecule has 2 aliphatic rings. The van der Waals surface area contributed by atoms with Crippen molar-refractivity contribution in [2.75, 3.05) is 26.3 Å². The number of aliphatic hydroxyl groups excluding tert-OH is 1. The van der Waals surface area contributed by atoms with Crippen LogP contribution >= 0.6 is 0 Å². The van der Waals surface area contributed by atoms with Gasteiger partial charge in [0.05, 0.1) is 25.4 Å². The molecule has 1 aliphatic carbocycles. The monoisotopic (exact) mass is 515 g/mol. The highest BCUT2D eigenvalue weighted by atomic mass is 19.1. The Kier molecular flexibility index (Phi) is 12.3. The van der Waals surface area contributed by atoms with E-state index in [1.165, 1.54) is 5.56 Å². The fourth-order valence-corrected chi connectivity index (χ4v) is 5.40. The highest BCUT2D eigenvalue weighted by molar-refractivity contribution is 5.69. The van der Waals surface area contributed by atoms with Crippen molar-refractivity contribution in [2.45, 2.75) is 96.6 Å². The third-order valence-electron chi connectivity index (χ3n) is 7.61. The van der Waals surface area contributed by atoms with Gasteiger partial charge in [-0.05, 0) is 88.1 Å². The molecule has 1 fully saturated rings. The largest absolute Gasteiger partial charge is 0.466 e. The van der Waals surface area contributed by atoms with Crippen LogP contribution in [-0.4, -0.2) is 60.6 Å². The van der Waals surface area contributed by atoms with Gasteiger partial charge in [0.2, 0.25) is 0 Å². The molecule has 206 valence electrons. The van der Waals surface area contributed by atoms with E-state index >= 15 is 0 Å². The number of allylic oxidation sites excluding steroid dienone is 4. The highest BCUT2D eigenvalue weighted by Gasteiger charge is 2.27. The topological polar surface area (TPSA) is 59.0 Å². The summed E-state index contributed by atoms with van der Waals surface area (Å²) in [5.41, 5.74) is 3.46. The second-order valence-corrected chi connectivity index (χ2v) is 10.6. The number of aliphatic hydroxyl groups is 1. The lowest BCUT2D eigenvalue weighted by atomic mass is 9.93. The molecule has 5 atom stereocenters. The van der Waals surface area contributed by atoms with E-state index in [4.69, 9.17) is 9.47 Å². The Morgan fingerprint density at radius 1 is 1.24 bits per heavy atom. The zero-order valence-electron chi connectivity index (χ0n) is 22.9. The Hall–Kier alpha value is -2.02. The molecule has 0 spiro atoms. The lowest BCUT2D eigenvalue weighted by Crippen LogP contribution is -2.38. The van der Waals surface area contributed by atoms with Gasteiger partial charge in [-0.2, -0.15) is 0 Å². The second-order valence-electron chi connectivity index (χ2n) is 10.6. The smallest absolute Gasteiger partial charge is 0.305 e. The number of alkyl halides is 1. The quantitative estimate of drug-likeness (QED) is 0.225. The lowest BCUT2D eigenvalue weighted by Gasteiger charge is -2.28. The van der Waals surface area contributed by atoms with E-state index in [1.807, 2.05) is 39.0 Å². The van der Waals surface area contributed by atoms with Gasteiger partial charge in [-0.1, -0.05) is 43.3 Å². The van der Waals surface area contributed by atoms with Gasteiger partial charge in [0.15, 0.2) is 0 Å². The number of carbonyl (C=O) groups is 1. The molecule has 4 unspecified atom stereocenters. The van der Waals surface area contributed by atoms with Crippen molar-refractivity contribution in [2.24, 2.45) is 5.92 Å². The van der Waals surface area contributed by atoms with Crippen LogP contribution in [0.15, 0.2) is 48.1 Å². The third kappa shape index (κ3) is 9.66. The van der Waals surface area contributed by atoms with Crippen molar-refractivity contribution in [3.63, 3.8) is 0 Å². The van der Waals surface area contributed by atoms with Crippen LogP contribution in [0.1, 0.15) is 82.9 Å². The Labute approximate surface area is 222 Å². The molecular formula is C31H46FNO4. The van der Waals surface area contributed by atoms with Gasteiger partial charge >= 0.3 is 5.97 Å². The van der Waals surface area contributed by atoms with Gasteiger partial charge in [-0.15, -0.1) is 0 Å². The summed E-state index contributed by atoms with van der Waals surface area (Å²) in [5, 5.41) is 10.8. The maximum Gasteiger partial charge on any atom is 0.305 e. The highest BCUT2D eigenvalue weighted by Crippen LogP contribution is 2.28. The fourth-order valence-electron chi connectivity index (χ4n) is 5.40. The maximum absolute atomic E-state index is 14.0. The molecule has 1 aliphatic heterocycles. The van der Waals surface area contributed by atoms with E-state index < -0.39 is 12.3 Å². The van der Waals surface area contributed by atoms with Crippen molar-refractivity contribution in [1.82, 2.24) is 4.90 Å². The van der Waals surface area contributed by atoms with Gasteiger partial charge in [-0.3, -0.25) is 9.69 Å². The van der Waals surface area contributed by atoms with Crippen LogP contribution in [0.4, 0.5) is 4.39 Å². The second kappa shape index (κ2) is 15.4. The summed E-state index contributed by atoms with van der Waals surface area (Å²) >= 11 is 0. The van der Waals surface area contributed by atoms with Crippen LogP contribution in [0.3, 0.4) is 0 Å². The molecule has 37 heavy (non-hydrogen) atoms. The van der Waals surface area contributed by atoms with Crippen molar-refractivity contribution in [3.8, 4) is 0 Å². The Bertz CT molecular complexity index is 901. The molecule has 6 heteroatoms. The number of halogens is 1. The van der Waals surface area contributed by atoms with E-state index in [1.54, 1.807) is 6.08 Å². The number of benzene rings is 1. The van der Waals surface area contributed by atoms with Gasteiger partial charge < -0.3 is 14.6 Å². The summed E-state index contributed by atoms with van der Waals surface area (Å²) in [6.07, 6.45) is 11.4. The van der Waals surface area contributed by atoms with Gasteiger partial charge in [0, 0.05) is 24.9 Å². The normalized spacial score (nSPS) is 23.6. The summed E-state index contributed by atoms with van der Waals surface area (Å²) < 4.78 is 25.1. The van der Waals surface area contributed by atoms with Crippen molar-refractivity contribution in [3.05, 3.63) is 59.2 Å². The number of likely N-dealkylation sites (tertiary alicyclic amines) is 1. The predicted octanol–water partition coefficient (Wildman–Crippen LogP) is 6.12. The number of aryl methyl sites for hydroxylation is 1. The van der Waals surface area contributed by atoms with E-state index in [0.717, 1.165) is 62.6 Å². The van der Waals surface area contributed by atoms with Crippen LogP contribution in [0.25, 0.3) is 0 Å². The average Bonchev–Trinajstić information content (AvgIpc) is 3.33. The molecule has 1 aromatic rings. The number of β-amino-alcohol motifs (C(OH)–C–C–N with tert-alkyl or cyclic N) is 1. The van der Waals surface area contributed by atoms with Crippen molar-refractivity contribution < 1.29 is 23.8 Å². The molecule has 3 rings (SSSR count). The van der Waals surface area contributed by atoms with Gasteiger partial charge in [0.25, 0.3) is 0 Å². The maximum atomic E-state index is 14.0. The molecule has 1 heterocycles. The number of hydrogen-bond acceptors (Lipinski definition) is 5. The van der Waals surface area contributed by atoms with Crippen LogP contribution < -0.4 is 0 Å². The third-order valence-corrected chi connectivity index (χ3v) is 7.61. The lowest BCUT2D eigenvalue weighted by molar-refractivity contribution is -0.143. The van der Waals surface area contributed by atoms with Gasteiger partial charge in [-0.25, -0.2) is 4.39 Å². The van der Waals surface area contributed by atoms with E-state index in [-0.39, 0.29) is 24.6 Å². The van der Waals surface area contributed by atoms with Crippen LogP contribution in [0.5, 0.6) is 0 Å². The van der Waals surface area contributed by atoms with Crippen molar-refractivity contribution >= 4 is 5.97 Å². The number of unbranched alkanes of at least 4 members (excludes halogenated alkanes) is 1. The Balaban J connectivity index is 1.41. The molecule has 0 radical (unpaired) electrons. The number of rotatable bonds is 15. The van der Waals surface area contributed by atoms with Crippen LogP contribution in [0.2, 0.25) is 0 Å². The minimum atomic E-state index is -0.879. The molecule has 0 bridgehead atoms. The number of carbonyl (C=O) groups excluding carboxylic acids is 1. The van der Waals surface area contributed by atoms with E-state index in [9.17, 15) is 14.3 Å². The minimum absolute atomic E-state index is 0.0347. The van der Waals surface area contributed by atoms with Gasteiger partial charge in [0.1, 0.15) is 6.17 Å². The van der Waals surface area contributed by atoms with Crippen LogP contribution in [0, 0.1) is 5.92 Å².